The first kappa shape index (κ1) is 8.75. The second-order valence-corrected chi connectivity index (χ2v) is 2.41. The van der Waals surface area contributed by atoms with Crippen LogP contribution >= 0.6 is 0 Å². The molecule has 0 aromatic heterocycles. The second-order valence-electron chi connectivity index (χ2n) is 2.41. The van der Waals surface area contributed by atoms with Crippen molar-refractivity contribution in [2.75, 3.05) is 13.2 Å². The van der Waals surface area contributed by atoms with E-state index in [0.717, 1.165) is 0 Å². The van der Waals surface area contributed by atoms with Crippen molar-refractivity contribution in [1.82, 2.24) is 0 Å². The van der Waals surface area contributed by atoms with Gasteiger partial charge in [-0.15, -0.1) is 0 Å². The molecule has 12 heavy (non-hydrogen) atoms. The molecule has 4 heteroatoms. The van der Waals surface area contributed by atoms with Gasteiger partial charge in [-0.1, -0.05) is 0 Å². The Morgan fingerprint density at radius 2 is 2.67 bits per heavy atom. The Morgan fingerprint density at radius 1 is 1.92 bits per heavy atom. The first-order chi connectivity index (χ1) is 5.74. The zero-order valence-corrected chi connectivity index (χ0v) is 6.74. The van der Waals surface area contributed by atoms with Gasteiger partial charge in [0.15, 0.2) is 6.10 Å². The van der Waals surface area contributed by atoms with Crippen LogP contribution in [0.2, 0.25) is 0 Å². The summed E-state index contributed by atoms with van der Waals surface area (Å²) in [4.78, 5) is 10.6. The average molecular weight is 167 g/mol. The minimum absolute atomic E-state index is 0.277. The Balaban J connectivity index is 2.63. The molecule has 0 saturated heterocycles. The van der Waals surface area contributed by atoms with Crippen LogP contribution in [-0.4, -0.2) is 25.3 Å². The number of nitriles is 1. The Labute approximate surface area is 70.4 Å². The van der Waals surface area contributed by atoms with Crippen LogP contribution in [0, 0.1) is 11.3 Å². The normalized spacial score (nSPS) is 22.3. The van der Waals surface area contributed by atoms with E-state index in [1.54, 1.807) is 6.08 Å². The molecule has 1 atom stereocenters. The number of carbonyl (C=O) groups excluding carboxylic acids is 1. The van der Waals surface area contributed by atoms with E-state index in [9.17, 15) is 4.79 Å². The first-order valence-electron chi connectivity index (χ1n) is 3.59. The molecule has 0 N–H and O–H groups in total. The molecule has 0 spiro atoms. The maximum atomic E-state index is 10.6. The fraction of sp³-hybridized carbons (Fsp3) is 0.500. The van der Waals surface area contributed by atoms with Crippen molar-refractivity contribution in [2.24, 2.45) is 0 Å². The minimum Gasteiger partial charge on any atom is -0.454 e. The van der Waals surface area contributed by atoms with Crippen molar-refractivity contribution < 1.29 is 14.3 Å². The summed E-state index contributed by atoms with van der Waals surface area (Å²) in [6.45, 7) is 2.00. The largest absolute Gasteiger partial charge is 0.454 e. The lowest BCUT2D eigenvalue weighted by molar-refractivity contribution is -0.147. The van der Waals surface area contributed by atoms with Crippen molar-refractivity contribution in [1.29, 1.82) is 5.26 Å². The molecule has 1 aliphatic rings. The average Bonchev–Trinajstić information content (AvgIpc) is 2.04. The smallest absolute Gasteiger partial charge is 0.303 e. The molecule has 1 heterocycles. The van der Waals surface area contributed by atoms with Gasteiger partial charge in [0.25, 0.3) is 0 Å². The lowest BCUT2D eigenvalue weighted by Crippen LogP contribution is -2.27. The first-order valence-corrected chi connectivity index (χ1v) is 3.59. The van der Waals surface area contributed by atoms with E-state index in [4.69, 9.17) is 14.7 Å². The quantitative estimate of drug-likeness (QED) is 0.530. The molecule has 0 bridgehead atoms. The molecular formula is C8H9NO3. The maximum absolute atomic E-state index is 10.6. The highest BCUT2D eigenvalue weighted by atomic mass is 16.6. The van der Waals surface area contributed by atoms with Crippen molar-refractivity contribution in [2.45, 2.75) is 13.0 Å². The second kappa shape index (κ2) is 3.88. The van der Waals surface area contributed by atoms with Crippen LogP contribution in [0.15, 0.2) is 11.6 Å². The third-order valence-electron chi connectivity index (χ3n) is 1.47. The topological polar surface area (TPSA) is 59.3 Å². The van der Waals surface area contributed by atoms with Gasteiger partial charge < -0.3 is 9.47 Å². The number of esters is 1. The number of rotatable bonds is 1. The van der Waals surface area contributed by atoms with Crippen molar-refractivity contribution in [3.8, 4) is 6.07 Å². The molecule has 0 radical (unpaired) electrons. The predicted octanol–water partition coefficient (Wildman–Crippen LogP) is 0.398. The van der Waals surface area contributed by atoms with E-state index < -0.39 is 12.1 Å². The van der Waals surface area contributed by atoms with Crippen LogP contribution in [0.5, 0.6) is 0 Å². The van der Waals surface area contributed by atoms with Crippen LogP contribution in [-0.2, 0) is 14.3 Å². The Hall–Kier alpha value is -1.34. The summed E-state index contributed by atoms with van der Waals surface area (Å²) in [5, 5.41) is 8.61. The molecule has 0 saturated carbocycles. The lowest BCUT2D eigenvalue weighted by Gasteiger charge is -2.19. The van der Waals surface area contributed by atoms with Crippen molar-refractivity contribution in [3.05, 3.63) is 11.6 Å². The summed E-state index contributed by atoms with van der Waals surface area (Å²) in [5.41, 5.74) is 0.469. The highest BCUT2D eigenvalue weighted by molar-refractivity contribution is 5.66. The van der Waals surface area contributed by atoms with Gasteiger partial charge in [0, 0.05) is 6.92 Å². The fourth-order valence-corrected chi connectivity index (χ4v) is 0.960. The molecule has 0 amide bonds. The van der Waals surface area contributed by atoms with Crippen LogP contribution in [0.1, 0.15) is 6.92 Å². The van der Waals surface area contributed by atoms with Gasteiger partial charge >= 0.3 is 5.97 Å². The monoisotopic (exact) mass is 167 g/mol. The SMILES string of the molecule is CC(=O)OC1COCC=C1C#N. The molecule has 0 aliphatic carbocycles. The Bertz CT molecular complexity index is 252. The van der Waals surface area contributed by atoms with E-state index in [0.29, 0.717) is 12.2 Å². The minimum atomic E-state index is -0.513. The summed E-state index contributed by atoms with van der Waals surface area (Å²) in [6.07, 6.45) is 1.11. The van der Waals surface area contributed by atoms with Gasteiger partial charge in [-0.3, -0.25) is 4.79 Å². The molecule has 0 aromatic rings. The third-order valence-corrected chi connectivity index (χ3v) is 1.47. The van der Waals surface area contributed by atoms with Gasteiger partial charge in [0.2, 0.25) is 0 Å². The predicted molar refractivity (Wildman–Crippen MR) is 40.1 cm³/mol. The Kier molecular flexibility index (Phi) is 2.83. The molecule has 0 fully saturated rings. The summed E-state index contributed by atoms with van der Waals surface area (Å²) < 4.78 is 9.85. The zero-order chi connectivity index (χ0) is 8.97. The molecular weight excluding hydrogens is 158 g/mol. The highest BCUT2D eigenvalue weighted by Crippen LogP contribution is 2.11. The maximum Gasteiger partial charge on any atom is 0.303 e. The number of hydrogen-bond donors (Lipinski definition) is 0. The van der Waals surface area contributed by atoms with E-state index in [1.807, 2.05) is 6.07 Å². The van der Waals surface area contributed by atoms with Crippen LogP contribution < -0.4 is 0 Å². The third kappa shape index (κ3) is 2.07. The van der Waals surface area contributed by atoms with Crippen molar-refractivity contribution in [3.63, 3.8) is 0 Å². The Morgan fingerprint density at radius 3 is 3.25 bits per heavy atom. The molecule has 1 aliphatic heterocycles. The van der Waals surface area contributed by atoms with E-state index in [2.05, 4.69) is 0 Å². The van der Waals surface area contributed by atoms with Crippen LogP contribution in [0.25, 0.3) is 0 Å². The molecule has 4 nitrogen and oxygen atoms in total. The number of ether oxygens (including phenoxy) is 2. The fourth-order valence-electron chi connectivity index (χ4n) is 0.960. The van der Waals surface area contributed by atoms with Crippen LogP contribution in [0.4, 0.5) is 0 Å². The van der Waals surface area contributed by atoms with E-state index in [1.165, 1.54) is 6.92 Å². The highest BCUT2D eigenvalue weighted by Gasteiger charge is 2.20. The van der Waals surface area contributed by atoms with Gasteiger partial charge in [-0.25, -0.2) is 0 Å². The van der Waals surface area contributed by atoms with Gasteiger partial charge in [0.1, 0.15) is 0 Å². The lowest BCUT2D eigenvalue weighted by atomic mass is 10.1. The standard InChI is InChI=1S/C8H9NO3/c1-6(10)12-8-5-11-3-2-7(8)4-9/h2,8H,3,5H2,1H3. The van der Waals surface area contributed by atoms with Gasteiger partial charge in [-0.05, 0) is 6.08 Å². The van der Waals surface area contributed by atoms with E-state index in [-0.39, 0.29) is 6.61 Å². The van der Waals surface area contributed by atoms with Crippen molar-refractivity contribution >= 4 is 5.97 Å². The van der Waals surface area contributed by atoms with Gasteiger partial charge in [0.05, 0.1) is 24.9 Å². The number of nitrogens with zero attached hydrogens (tertiary/aromatic N) is 1. The summed E-state index contributed by atoms with van der Waals surface area (Å²) in [5.74, 6) is -0.397. The number of hydrogen-bond acceptors (Lipinski definition) is 4. The van der Waals surface area contributed by atoms with Crippen LogP contribution in [0.3, 0.4) is 0 Å². The van der Waals surface area contributed by atoms with Gasteiger partial charge in [-0.2, -0.15) is 5.26 Å². The summed E-state index contributed by atoms with van der Waals surface area (Å²) >= 11 is 0. The summed E-state index contributed by atoms with van der Waals surface area (Å²) in [6, 6.07) is 1.96. The van der Waals surface area contributed by atoms with E-state index >= 15 is 0 Å². The molecule has 64 valence electrons. The summed E-state index contributed by atoms with van der Waals surface area (Å²) in [7, 11) is 0. The molecule has 0 aromatic carbocycles. The molecule has 1 rings (SSSR count). The number of carbonyl (C=O) groups is 1. The molecule has 1 unspecified atom stereocenters. The zero-order valence-electron chi connectivity index (χ0n) is 6.74.